The lowest BCUT2D eigenvalue weighted by molar-refractivity contribution is 0.0533. The molecule has 102 valence electrons. The molecule has 1 N–H and O–H groups in total. The summed E-state index contributed by atoms with van der Waals surface area (Å²) in [6.45, 7) is 5.14. The molecule has 0 saturated heterocycles. The zero-order chi connectivity index (χ0) is 14.4. The summed E-state index contributed by atoms with van der Waals surface area (Å²) in [6, 6.07) is 4.00. The fourth-order valence-corrected chi connectivity index (χ4v) is 2.13. The molecule has 2 rings (SSSR count). The van der Waals surface area contributed by atoms with E-state index in [1.54, 1.807) is 26.8 Å². The van der Waals surface area contributed by atoms with E-state index in [0.29, 0.717) is 4.47 Å². The Morgan fingerprint density at radius 1 is 1.37 bits per heavy atom. The van der Waals surface area contributed by atoms with Crippen LogP contribution in [0, 0.1) is 5.82 Å². The van der Waals surface area contributed by atoms with Crippen molar-refractivity contribution in [2.24, 2.45) is 0 Å². The number of aromatic nitrogens is 1. The zero-order valence-corrected chi connectivity index (χ0v) is 12.3. The summed E-state index contributed by atoms with van der Waals surface area (Å²) in [7, 11) is 0. The molecule has 0 radical (unpaired) electrons. The van der Waals surface area contributed by atoms with Gasteiger partial charge in [-0.1, -0.05) is 15.9 Å². The number of nitrogens with zero attached hydrogens (tertiary/aromatic N) is 1. The molecule has 19 heavy (non-hydrogen) atoms. The van der Waals surface area contributed by atoms with E-state index in [-0.39, 0.29) is 16.8 Å². The van der Waals surface area contributed by atoms with Gasteiger partial charge in [-0.05, 0) is 32.9 Å². The first kappa shape index (κ1) is 13.9. The predicted molar refractivity (Wildman–Crippen MR) is 72.9 cm³/mol. The second kappa shape index (κ2) is 4.52. The Balaban J connectivity index is 2.60. The summed E-state index contributed by atoms with van der Waals surface area (Å²) >= 11 is 3.15. The molecule has 0 aliphatic heterocycles. The molecule has 0 fully saturated rings. The van der Waals surface area contributed by atoms with Gasteiger partial charge in [-0.25, -0.2) is 13.8 Å². The maximum Gasteiger partial charge on any atom is 0.421 e. The van der Waals surface area contributed by atoms with Crippen molar-refractivity contribution in [1.82, 2.24) is 4.57 Å². The van der Waals surface area contributed by atoms with E-state index < -0.39 is 17.5 Å². The van der Waals surface area contributed by atoms with Gasteiger partial charge in [0.15, 0.2) is 0 Å². The molecule has 0 saturated carbocycles. The van der Waals surface area contributed by atoms with Gasteiger partial charge in [-0.3, -0.25) is 0 Å². The molecule has 4 nitrogen and oxygen atoms in total. The third-order valence-corrected chi connectivity index (χ3v) is 2.85. The first-order valence-electron chi connectivity index (χ1n) is 5.62. The van der Waals surface area contributed by atoms with E-state index in [0.717, 1.165) is 4.57 Å². The van der Waals surface area contributed by atoms with Crippen LogP contribution in [0.2, 0.25) is 0 Å². The third-order valence-electron chi connectivity index (χ3n) is 2.39. The second-order valence-electron chi connectivity index (χ2n) is 5.14. The van der Waals surface area contributed by atoms with Crippen LogP contribution in [-0.2, 0) is 4.74 Å². The lowest BCUT2D eigenvalue weighted by Gasteiger charge is -2.20. The van der Waals surface area contributed by atoms with Gasteiger partial charge in [-0.15, -0.1) is 0 Å². The Morgan fingerprint density at radius 3 is 2.58 bits per heavy atom. The highest BCUT2D eigenvalue weighted by Gasteiger charge is 2.23. The van der Waals surface area contributed by atoms with E-state index >= 15 is 0 Å². The fourth-order valence-electron chi connectivity index (χ4n) is 1.72. The molecule has 2 aromatic rings. The molecular formula is C13H13BrFNO3. The van der Waals surface area contributed by atoms with Crippen molar-refractivity contribution in [3.8, 4) is 5.88 Å². The van der Waals surface area contributed by atoms with E-state index in [1.165, 1.54) is 12.1 Å². The number of hydrogen-bond donors (Lipinski definition) is 1. The topological polar surface area (TPSA) is 51.5 Å². The Morgan fingerprint density at radius 2 is 2.00 bits per heavy atom. The van der Waals surface area contributed by atoms with Crippen molar-refractivity contribution < 1.29 is 19.0 Å². The lowest BCUT2D eigenvalue weighted by atomic mass is 10.2. The number of carbonyl (C=O) groups is 1. The normalized spacial score (nSPS) is 11.8. The number of carbonyl (C=O) groups excluding carboxylic acids is 1. The molecule has 1 heterocycles. The van der Waals surface area contributed by atoms with Gasteiger partial charge in [0.25, 0.3) is 0 Å². The number of ether oxygens (including phenoxy) is 1. The molecule has 0 atom stereocenters. The van der Waals surface area contributed by atoms with Gasteiger partial charge in [0, 0.05) is 15.9 Å². The molecule has 1 aromatic heterocycles. The van der Waals surface area contributed by atoms with Crippen LogP contribution < -0.4 is 0 Å². The van der Waals surface area contributed by atoms with Crippen molar-refractivity contribution >= 4 is 32.9 Å². The Bertz CT molecular complexity index is 658. The average Bonchev–Trinajstić information content (AvgIpc) is 2.52. The van der Waals surface area contributed by atoms with Crippen LogP contribution in [0.25, 0.3) is 10.9 Å². The summed E-state index contributed by atoms with van der Waals surface area (Å²) in [5.41, 5.74) is -0.455. The molecule has 0 aliphatic rings. The predicted octanol–water partition coefficient (Wildman–Crippen LogP) is 4.03. The Kier molecular flexibility index (Phi) is 3.30. The van der Waals surface area contributed by atoms with E-state index in [1.807, 2.05) is 0 Å². The third kappa shape index (κ3) is 2.73. The summed E-state index contributed by atoms with van der Waals surface area (Å²) in [5, 5.41) is 9.96. The van der Waals surface area contributed by atoms with Gasteiger partial charge < -0.3 is 9.84 Å². The van der Waals surface area contributed by atoms with Crippen LogP contribution in [0.5, 0.6) is 5.88 Å². The highest BCUT2D eigenvalue weighted by atomic mass is 79.9. The van der Waals surface area contributed by atoms with Crippen molar-refractivity contribution in [2.75, 3.05) is 0 Å². The Hall–Kier alpha value is -1.56. The highest BCUT2D eigenvalue weighted by Crippen LogP contribution is 2.30. The van der Waals surface area contributed by atoms with Gasteiger partial charge >= 0.3 is 6.09 Å². The summed E-state index contributed by atoms with van der Waals surface area (Å²) in [5.74, 6) is -0.886. The largest absolute Gasteiger partial charge is 0.494 e. The minimum atomic E-state index is -0.752. The van der Waals surface area contributed by atoms with Gasteiger partial charge in [-0.2, -0.15) is 0 Å². The molecule has 6 heteroatoms. The van der Waals surface area contributed by atoms with Crippen LogP contribution in [-0.4, -0.2) is 21.4 Å². The van der Waals surface area contributed by atoms with Crippen molar-refractivity contribution in [3.63, 3.8) is 0 Å². The standard InChI is InChI=1S/C13H13BrFNO3/c1-13(2,3)19-12(18)16-10-5-7(14)4-9(15)8(10)6-11(16)17/h4-6,17H,1-3H3. The van der Waals surface area contributed by atoms with Gasteiger partial charge in [0.1, 0.15) is 11.4 Å². The molecule has 0 aliphatic carbocycles. The first-order valence-corrected chi connectivity index (χ1v) is 6.41. The molecular weight excluding hydrogens is 317 g/mol. The number of fused-ring (bicyclic) bond motifs is 1. The minimum absolute atomic E-state index is 0.159. The maximum absolute atomic E-state index is 13.7. The Labute approximate surface area is 117 Å². The van der Waals surface area contributed by atoms with Crippen LogP contribution in [0.4, 0.5) is 9.18 Å². The molecule has 0 unspecified atom stereocenters. The maximum atomic E-state index is 13.7. The summed E-state index contributed by atoms with van der Waals surface area (Å²) < 4.78 is 20.3. The SMILES string of the molecule is CC(C)(C)OC(=O)n1c(O)cc2c(F)cc(Br)cc21. The number of benzene rings is 1. The molecule has 0 spiro atoms. The molecule has 0 amide bonds. The van der Waals surface area contributed by atoms with Crippen molar-refractivity contribution in [1.29, 1.82) is 0 Å². The number of hydrogen-bond acceptors (Lipinski definition) is 3. The smallest absolute Gasteiger partial charge is 0.421 e. The van der Waals surface area contributed by atoms with Crippen molar-refractivity contribution in [2.45, 2.75) is 26.4 Å². The summed E-state index contributed by atoms with van der Waals surface area (Å²) in [6.07, 6.45) is -0.752. The van der Waals surface area contributed by atoms with Gasteiger partial charge in [0.05, 0.1) is 5.52 Å². The van der Waals surface area contributed by atoms with Crippen LogP contribution in [0.3, 0.4) is 0 Å². The fraction of sp³-hybridized carbons (Fsp3) is 0.308. The first-order chi connectivity index (χ1) is 8.69. The molecule has 0 bridgehead atoms. The van der Waals surface area contributed by atoms with Gasteiger partial charge in [0.2, 0.25) is 5.88 Å². The second-order valence-corrected chi connectivity index (χ2v) is 6.05. The van der Waals surface area contributed by atoms with E-state index in [4.69, 9.17) is 4.74 Å². The van der Waals surface area contributed by atoms with Crippen LogP contribution in [0.15, 0.2) is 22.7 Å². The molecule has 1 aromatic carbocycles. The van der Waals surface area contributed by atoms with Crippen molar-refractivity contribution in [3.05, 3.63) is 28.5 Å². The van der Waals surface area contributed by atoms with Crippen LogP contribution in [0.1, 0.15) is 20.8 Å². The van der Waals surface area contributed by atoms with E-state index in [9.17, 15) is 14.3 Å². The monoisotopic (exact) mass is 329 g/mol. The number of aromatic hydroxyl groups is 1. The number of halogens is 2. The lowest BCUT2D eigenvalue weighted by Crippen LogP contribution is -2.26. The summed E-state index contributed by atoms with van der Waals surface area (Å²) in [4.78, 5) is 12.0. The minimum Gasteiger partial charge on any atom is -0.494 e. The average molecular weight is 330 g/mol. The number of rotatable bonds is 0. The zero-order valence-electron chi connectivity index (χ0n) is 10.7. The quantitative estimate of drug-likeness (QED) is 0.793. The van der Waals surface area contributed by atoms with E-state index in [2.05, 4.69) is 15.9 Å². The van der Waals surface area contributed by atoms with Crippen LogP contribution >= 0.6 is 15.9 Å². The highest BCUT2D eigenvalue weighted by molar-refractivity contribution is 9.10.